The first-order valence-electron chi connectivity index (χ1n) is 5.85. The second kappa shape index (κ2) is 5.47. The van der Waals surface area contributed by atoms with Gasteiger partial charge >= 0.3 is 5.97 Å². The molecule has 0 radical (unpaired) electrons. The Balaban J connectivity index is 2.56. The minimum absolute atomic E-state index is 0.665. The lowest BCUT2D eigenvalue weighted by molar-refractivity contribution is -0.147. The number of carboxylic acids is 1. The molecule has 0 aliphatic carbocycles. The number of carboxylic acid groups (broad SMARTS) is 1. The number of nitrogens with zero attached hydrogens (tertiary/aromatic N) is 1. The maximum Gasteiger partial charge on any atom is 0.323 e. The van der Waals surface area contributed by atoms with Crippen molar-refractivity contribution in [2.45, 2.75) is 38.6 Å². The highest BCUT2D eigenvalue weighted by molar-refractivity contribution is 5.79. The number of rotatable bonds is 5. The standard InChI is InChI=1S/C11H22N2O2/c1-3-7-12-11(10(14)15)5-8-13(4-2)9-6-11/h12H,3-9H2,1-2H3,(H,14,15). The Hall–Kier alpha value is -0.610. The topological polar surface area (TPSA) is 52.6 Å². The van der Waals surface area contributed by atoms with Gasteiger partial charge in [0.15, 0.2) is 0 Å². The molecule has 0 saturated carbocycles. The van der Waals surface area contributed by atoms with E-state index >= 15 is 0 Å². The molecule has 88 valence electrons. The minimum atomic E-state index is -0.688. The van der Waals surface area contributed by atoms with Gasteiger partial charge in [-0.25, -0.2) is 0 Å². The summed E-state index contributed by atoms with van der Waals surface area (Å²) >= 11 is 0. The molecule has 1 heterocycles. The van der Waals surface area contributed by atoms with Crippen molar-refractivity contribution in [3.63, 3.8) is 0 Å². The van der Waals surface area contributed by atoms with Crippen molar-refractivity contribution < 1.29 is 9.90 Å². The molecule has 0 atom stereocenters. The van der Waals surface area contributed by atoms with Crippen LogP contribution in [-0.2, 0) is 4.79 Å². The molecule has 0 spiro atoms. The summed E-state index contributed by atoms with van der Waals surface area (Å²) in [6, 6.07) is 0. The molecule has 0 amide bonds. The van der Waals surface area contributed by atoms with E-state index < -0.39 is 11.5 Å². The number of aliphatic carboxylic acids is 1. The number of likely N-dealkylation sites (tertiary alicyclic amines) is 1. The Labute approximate surface area is 91.6 Å². The van der Waals surface area contributed by atoms with Crippen LogP contribution in [0.5, 0.6) is 0 Å². The lowest BCUT2D eigenvalue weighted by Crippen LogP contribution is -2.58. The molecule has 1 aliphatic heterocycles. The molecular formula is C11H22N2O2. The summed E-state index contributed by atoms with van der Waals surface area (Å²) in [7, 11) is 0. The number of piperidine rings is 1. The Kier molecular flexibility index (Phi) is 4.54. The molecular weight excluding hydrogens is 192 g/mol. The van der Waals surface area contributed by atoms with Crippen molar-refractivity contribution in [2.75, 3.05) is 26.2 Å². The van der Waals surface area contributed by atoms with Crippen LogP contribution in [0.25, 0.3) is 0 Å². The fourth-order valence-electron chi connectivity index (χ4n) is 2.08. The van der Waals surface area contributed by atoms with Gasteiger partial charge in [-0.3, -0.25) is 4.79 Å². The second-order valence-corrected chi connectivity index (χ2v) is 4.25. The lowest BCUT2D eigenvalue weighted by atomic mass is 9.87. The fourth-order valence-corrected chi connectivity index (χ4v) is 2.08. The Bertz CT molecular complexity index is 211. The van der Waals surface area contributed by atoms with Crippen molar-refractivity contribution in [3.05, 3.63) is 0 Å². The summed E-state index contributed by atoms with van der Waals surface area (Å²) in [6.07, 6.45) is 2.42. The van der Waals surface area contributed by atoms with Crippen LogP contribution in [0.2, 0.25) is 0 Å². The van der Waals surface area contributed by atoms with Gasteiger partial charge in [0, 0.05) is 13.1 Å². The Morgan fingerprint density at radius 3 is 2.40 bits per heavy atom. The minimum Gasteiger partial charge on any atom is -0.480 e. The summed E-state index contributed by atoms with van der Waals surface area (Å²) in [5.74, 6) is -0.688. The van der Waals surface area contributed by atoms with Crippen LogP contribution in [0.1, 0.15) is 33.1 Å². The fraction of sp³-hybridized carbons (Fsp3) is 0.909. The maximum atomic E-state index is 11.3. The van der Waals surface area contributed by atoms with Gasteiger partial charge in [-0.15, -0.1) is 0 Å². The van der Waals surface area contributed by atoms with E-state index in [2.05, 4.69) is 24.1 Å². The highest BCUT2D eigenvalue weighted by Crippen LogP contribution is 2.22. The van der Waals surface area contributed by atoms with E-state index in [0.717, 1.165) is 45.4 Å². The van der Waals surface area contributed by atoms with Gasteiger partial charge in [-0.1, -0.05) is 13.8 Å². The average Bonchev–Trinajstić information content (AvgIpc) is 2.27. The normalized spacial score (nSPS) is 21.5. The predicted molar refractivity (Wildman–Crippen MR) is 60.0 cm³/mol. The molecule has 15 heavy (non-hydrogen) atoms. The third kappa shape index (κ3) is 2.92. The molecule has 0 aromatic rings. The molecule has 0 aromatic carbocycles. The molecule has 1 fully saturated rings. The third-order valence-electron chi connectivity index (χ3n) is 3.28. The van der Waals surface area contributed by atoms with Gasteiger partial charge in [0.1, 0.15) is 5.54 Å². The number of hydrogen-bond acceptors (Lipinski definition) is 3. The van der Waals surface area contributed by atoms with Gasteiger partial charge in [-0.05, 0) is 32.4 Å². The van der Waals surface area contributed by atoms with Crippen LogP contribution in [0.4, 0.5) is 0 Å². The smallest absolute Gasteiger partial charge is 0.323 e. The van der Waals surface area contributed by atoms with Crippen molar-refractivity contribution in [2.24, 2.45) is 0 Å². The van der Waals surface area contributed by atoms with E-state index in [9.17, 15) is 9.90 Å². The van der Waals surface area contributed by atoms with E-state index in [1.54, 1.807) is 0 Å². The van der Waals surface area contributed by atoms with Crippen molar-refractivity contribution in [1.29, 1.82) is 0 Å². The largest absolute Gasteiger partial charge is 0.480 e. The zero-order valence-electron chi connectivity index (χ0n) is 9.75. The number of hydrogen-bond donors (Lipinski definition) is 2. The molecule has 2 N–H and O–H groups in total. The molecule has 1 aliphatic rings. The van der Waals surface area contributed by atoms with Crippen molar-refractivity contribution in [1.82, 2.24) is 10.2 Å². The quantitative estimate of drug-likeness (QED) is 0.714. The summed E-state index contributed by atoms with van der Waals surface area (Å²) in [5.41, 5.74) is -0.665. The van der Waals surface area contributed by atoms with Crippen molar-refractivity contribution in [3.8, 4) is 0 Å². The van der Waals surface area contributed by atoms with E-state index in [1.807, 2.05) is 0 Å². The average molecular weight is 214 g/mol. The Morgan fingerprint density at radius 2 is 2.00 bits per heavy atom. The molecule has 1 saturated heterocycles. The second-order valence-electron chi connectivity index (χ2n) is 4.25. The first-order chi connectivity index (χ1) is 7.14. The van der Waals surface area contributed by atoms with Gasteiger partial charge in [-0.2, -0.15) is 0 Å². The zero-order valence-corrected chi connectivity index (χ0v) is 9.75. The zero-order chi connectivity index (χ0) is 11.3. The van der Waals surface area contributed by atoms with E-state index in [1.165, 1.54) is 0 Å². The Morgan fingerprint density at radius 1 is 1.40 bits per heavy atom. The number of carbonyl (C=O) groups is 1. The van der Waals surface area contributed by atoms with Crippen LogP contribution in [0.3, 0.4) is 0 Å². The third-order valence-corrected chi connectivity index (χ3v) is 3.28. The predicted octanol–water partition coefficient (Wildman–Crippen LogP) is 0.925. The van der Waals surface area contributed by atoms with Crippen LogP contribution < -0.4 is 5.32 Å². The molecule has 4 heteroatoms. The maximum absolute atomic E-state index is 11.3. The van der Waals surface area contributed by atoms with E-state index in [-0.39, 0.29) is 0 Å². The lowest BCUT2D eigenvalue weighted by Gasteiger charge is -2.39. The summed E-state index contributed by atoms with van der Waals surface area (Å²) in [5, 5.41) is 12.5. The van der Waals surface area contributed by atoms with E-state index in [0.29, 0.717) is 0 Å². The van der Waals surface area contributed by atoms with E-state index in [4.69, 9.17) is 0 Å². The summed E-state index contributed by atoms with van der Waals surface area (Å²) in [4.78, 5) is 13.6. The molecule has 0 bridgehead atoms. The SMILES string of the molecule is CCCNC1(C(=O)O)CCN(CC)CC1. The van der Waals surface area contributed by atoms with Crippen LogP contribution >= 0.6 is 0 Å². The molecule has 4 nitrogen and oxygen atoms in total. The van der Waals surface area contributed by atoms with Gasteiger partial charge < -0.3 is 15.3 Å². The summed E-state index contributed by atoms with van der Waals surface area (Å²) < 4.78 is 0. The molecule has 0 unspecified atom stereocenters. The van der Waals surface area contributed by atoms with Crippen LogP contribution in [0, 0.1) is 0 Å². The summed E-state index contributed by atoms with van der Waals surface area (Å²) in [6.45, 7) is 7.76. The van der Waals surface area contributed by atoms with Crippen LogP contribution in [-0.4, -0.2) is 47.7 Å². The highest BCUT2D eigenvalue weighted by Gasteiger charge is 2.40. The first-order valence-corrected chi connectivity index (χ1v) is 5.85. The van der Waals surface area contributed by atoms with Crippen LogP contribution in [0.15, 0.2) is 0 Å². The highest BCUT2D eigenvalue weighted by atomic mass is 16.4. The van der Waals surface area contributed by atoms with Gasteiger partial charge in [0.2, 0.25) is 0 Å². The van der Waals surface area contributed by atoms with Gasteiger partial charge in [0.25, 0.3) is 0 Å². The first kappa shape index (κ1) is 12.5. The van der Waals surface area contributed by atoms with Gasteiger partial charge in [0.05, 0.1) is 0 Å². The molecule has 0 aromatic heterocycles. The van der Waals surface area contributed by atoms with Crippen molar-refractivity contribution >= 4 is 5.97 Å². The number of nitrogens with one attached hydrogen (secondary N) is 1. The monoisotopic (exact) mass is 214 g/mol. The molecule has 1 rings (SSSR count).